The fourth-order valence-corrected chi connectivity index (χ4v) is 7.89. The minimum atomic E-state index is -5.11. The van der Waals surface area contributed by atoms with E-state index in [0.717, 1.165) is 62.3 Å². The highest BCUT2D eigenvalue weighted by Crippen LogP contribution is 2.34. The first-order valence-electron chi connectivity index (χ1n) is 12.3. The van der Waals surface area contributed by atoms with Gasteiger partial charge in [-0.15, -0.1) is 11.3 Å². The lowest BCUT2D eigenvalue weighted by atomic mass is 9.84. The number of anilines is 1. The molecule has 2 aliphatic rings. The number of nitrogens with zero attached hydrogens (tertiary/aromatic N) is 3. The van der Waals surface area contributed by atoms with E-state index < -0.39 is 45.3 Å². The Balaban J connectivity index is 1.68. The smallest absolute Gasteiger partial charge is 0.311 e. The number of hydrogen-bond donors (Lipinski definition) is 0. The molecule has 0 aliphatic heterocycles. The molecule has 2 aliphatic carbocycles. The van der Waals surface area contributed by atoms with Crippen LogP contribution in [0.25, 0.3) is 0 Å². The molecule has 198 valence electrons. The number of pyridine rings is 1. The van der Waals surface area contributed by atoms with Crippen LogP contribution in [-0.4, -0.2) is 41.8 Å². The molecular formula is C24H30F3N3O4S2. The van der Waals surface area contributed by atoms with Gasteiger partial charge in [0, 0.05) is 30.4 Å². The van der Waals surface area contributed by atoms with E-state index in [1.54, 1.807) is 0 Å². The Hall–Kier alpha value is -2.21. The lowest BCUT2D eigenvalue weighted by Crippen LogP contribution is -2.45. The second kappa shape index (κ2) is 11.0. The molecule has 0 aromatic carbocycles. The molecule has 1 atom stereocenters. The number of aromatic nitrogens is 2. The quantitative estimate of drug-likeness (QED) is 0.459. The molecular weight excluding hydrogens is 515 g/mol. The molecule has 1 amide bonds. The van der Waals surface area contributed by atoms with Crippen LogP contribution in [0.2, 0.25) is 0 Å². The van der Waals surface area contributed by atoms with E-state index in [2.05, 4.69) is 4.98 Å². The molecule has 7 nitrogen and oxygen atoms in total. The van der Waals surface area contributed by atoms with E-state index in [9.17, 15) is 31.2 Å². The first kappa shape index (κ1) is 26.8. The largest absolute Gasteiger partial charge is 0.471 e. The van der Waals surface area contributed by atoms with Crippen LogP contribution in [0, 0.1) is 5.92 Å². The predicted octanol–water partition coefficient (Wildman–Crippen LogP) is 5.13. The van der Waals surface area contributed by atoms with Gasteiger partial charge >= 0.3 is 12.1 Å². The molecule has 12 heteroatoms. The average molecular weight is 546 g/mol. The normalized spacial score (nSPS) is 18.9. The van der Waals surface area contributed by atoms with Gasteiger partial charge in [0.1, 0.15) is 0 Å². The van der Waals surface area contributed by atoms with Gasteiger partial charge in [0.05, 0.1) is 16.2 Å². The van der Waals surface area contributed by atoms with Crippen molar-refractivity contribution in [2.45, 2.75) is 86.6 Å². The van der Waals surface area contributed by atoms with Crippen LogP contribution in [0.1, 0.15) is 70.3 Å². The highest BCUT2D eigenvalue weighted by Gasteiger charge is 2.44. The fourth-order valence-electron chi connectivity index (χ4n) is 5.39. The molecule has 4 rings (SSSR count). The number of sulfone groups is 1. The van der Waals surface area contributed by atoms with Crippen molar-refractivity contribution in [1.29, 1.82) is 0 Å². The summed E-state index contributed by atoms with van der Waals surface area (Å²) in [6.45, 7) is -0.392. The van der Waals surface area contributed by atoms with Crippen molar-refractivity contribution in [1.82, 2.24) is 9.55 Å². The molecule has 0 saturated heterocycles. The van der Waals surface area contributed by atoms with Crippen LogP contribution < -0.4 is 10.5 Å². The first-order chi connectivity index (χ1) is 17.1. The summed E-state index contributed by atoms with van der Waals surface area (Å²) in [6.07, 6.45) is 5.61. The highest BCUT2D eigenvalue weighted by atomic mass is 32.2. The third kappa shape index (κ3) is 6.01. The number of carbonyl (C=O) groups is 1. The molecule has 2 saturated carbocycles. The second-order valence-electron chi connectivity index (χ2n) is 9.68. The van der Waals surface area contributed by atoms with Gasteiger partial charge in [-0.3, -0.25) is 14.5 Å². The van der Waals surface area contributed by atoms with Crippen molar-refractivity contribution in [3.05, 3.63) is 40.3 Å². The SMILES string of the molecule is O=C(N(CC(CC1CCCCC1)n1ccc(S(=O)(=O)C2CCCC2)cc1=O)c1nccs1)C(F)(F)F. The first-order valence-corrected chi connectivity index (χ1v) is 14.7. The fraction of sp³-hybridized carbons (Fsp3) is 0.625. The van der Waals surface area contributed by atoms with Gasteiger partial charge in [-0.25, -0.2) is 13.4 Å². The van der Waals surface area contributed by atoms with Gasteiger partial charge in [-0.1, -0.05) is 44.9 Å². The van der Waals surface area contributed by atoms with Crippen LogP contribution in [0.3, 0.4) is 0 Å². The lowest BCUT2D eigenvalue weighted by molar-refractivity contribution is -0.170. The minimum absolute atomic E-state index is 0.0600. The van der Waals surface area contributed by atoms with Gasteiger partial charge in [0.2, 0.25) is 0 Å². The van der Waals surface area contributed by atoms with Crippen LogP contribution >= 0.6 is 11.3 Å². The molecule has 2 fully saturated rings. The molecule has 0 bridgehead atoms. The van der Waals surface area contributed by atoms with E-state index in [-0.39, 0.29) is 15.9 Å². The number of alkyl halides is 3. The zero-order valence-corrected chi connectivity index (χ0v) is 21.5. The maximum absolute atomic E-state index is 13.5. The zero-order valence-electron chi connectivity index (χ0n) is 19.8. The number of thiazole rings is 1. The summed E-state index contributed by atoms with van der Waals surface area (Å²) in [4.78, 5) is 30.0. The summed E-state index contributed by atoms with van der Waals surface area (Å²) in [5.74, 6) is -1.85. The Morgan fingerprint density at radius 2 is 1.81 bits per heavy atom. The van der Waals surface area contributed by atoms with Gasteiger partial charge in [0.15, 0.2) is 15.0 Å². The molecule has 1 unspecified atom stereocenters. The topological polar surface area (TPSA) is 89.3 Å². The van der Waals surface area contributed by atoms with Crippen molar-refractivity contribution in [2.24, 2.45) is 5.92 Å². The molecule has 36 heavy (non-hydrogen) atoms. The van der Waals surface area contributed by atoms with Crippen molar-refractivity contribution in [3.8, 4) is 0 Å². The Bertz CT molecular complexity index is 1200. The van der Waals surface area contributed by atoms with Gasteiger partial charge < -0.3 is 4.57 Å². The summed E-state index contributed by atoms with van der Waals surface area (Å²) in [5.41, 5.74) is -0.603. The maximum atomic E-state index is 13.5. The minimum Gasteiger partial charge on any atom is -0.311 e. The summed E-state index contributed by atoms with van der Waals surface area (Å²) in [7, 11) is -3.66. The molecule has 0 spiro atoms. The third-order valence-electron chi connectivity index (χ3n) is 7.24. The van der Waals surface area contributed by atoms with E-state index >= 15 is 0 Å². The summed E-state index contributed by atoms with van der Waals surface area (Å²) in [6, 6.07) is 1.67. The van der Waals surface area contributed by atoms with Crippen LogP contribution in [0.15, 0.2) is 39.6 Å². The Labute approximate surface area is 212 Å². The van der Waals surface area contributed by atoms with Crippen molar-refractivity contribution in [3.63, 3.8) is 0 Å². The number of rotatable bonds is 8. The summed E-state index contributed by atoms with van der Waals surface area (Å²) < 4.78 is 67.6. The van der Waals surface area contributed by atoms with E-state index in [1.807, 2.05) is 0 Å². The summed E-state index contributed by atoms with van der Waals surface area (Å²) >= 11 is 0.910. The van der Waals surface area contributed by atoms with Gasteiger partial charge in [-0.2, -0.15) is 13.2 Å². The van der Waals surface area contributed by atoms with Crippen LogP contribution in [-0.2, 0) is 14.6 Å². The third-order valence-corrected chi connectivity index (χ3v) is 10.3. The molecule has 2 heterocycles. The molecule has 0 radical (unpaired) electrons. The lowest BCUT2D eigenvalue weighted by Gasteiger charge is -2.31. The summed E-state index contributed by atoms with van der Waals surface area (Å²) in [5, 5.41) is 0.867. The van der Waals surface area contributed by atoms with Crippen LogP contribution in [0.4, 0.5) is 18.3 Å². The monoisotopic (exact) mass is 545 g/mol. The number of hydrogen-bond acceptors (Lipinski definition) is 6. The maximum Gasteiger partial charge on any atom is 0.471 e. The molecule has 0 N–H and O–H groups in total. The number of carbonyl (C=O) groups excluding carboxylic acids is 1. The van der Waals surface area contributed by atoms with E-state index in [4.69, 9.17) is 0 Å². The molecule has 2 aromatic rings. The second-order valence-corrected chi connectivity index (χ2v) is 12.8. The van der Waals surface area contributed by atoms with Gasteiger partial charge in [-0.05, 0) is 31.2 Å². The highest BCUT2D eigenvalue weighted by molar-refractivity contribution is 7.92. The van der Waals surface area contributed by atoms with Crippen molar-refractivity contribution < 1.29 is 26.4 Å². The number of amides is 1. The van der Waals surface area contributed by atoms with Crippen molar-refractivity contribution in [2.75, 3.05) is 11.4 Å². The van der Waals surface area contributed by atoms with E-state index in [1.165, 1.54) is 28.4 Å². The Morgan fingerprint density at radius 3 is 2.39 bits per heavy atom. The van der Waals surface area contributed by atoms with Crippen molar-refractivity contribution >= 4 is 32.2 Å². The van der Waals surface area contributed by atoms with Crippen LogP contribution in [0.5, 0.6) is 0 Å². The van der Waals surface area contributed by atoms with Gasteiger partial charge in [0.25, 0.3) is 5.56 Å². The van der Waals surface area contributed by atoms with E-state index in [0.29, 0.717) is 24.2 Å². The zero-order chi connectivity index (χ0) is 25.9. The average Bonchev–Trinajstić information content (AvgIpc) is 3.56. The number of halogens is 3. The molecule has 2 aromatic heterocycles. The Kier molecular flexibility index (Phi) is 8.23. The standard InChI is InChI=1S/C24H30F3N3O4S2/c25-24(26,27)22(32)30(23-28-11-13-35-23)16-18(14-17-6-2-1-3-7-17)29-12-10-20(15-21(29)31)36(33,34)19-8-4-5-9-19/h10-13,15,17-19H,1-9,14,16H2. The Morgan fingerprint density at radius 1 is 1.14 bits per heavy atom. The predicted molar refractivity (Wildman–Crippen MR) is 131 cm³/mol.